The van der Waals surface area contributed by atoms with Crippen LogP contribution >= 0.6 is 0 Å². The molecule has 0 radical (unpaired) electrons. The zero-order valence-corrected chi connectivity index (χ0v) is 16.0. The molecule has 0 aliphatic heterocycles. The SMILES string of the molecule is CCCN(C(=O)CCNC(=O)OC)C1CC(OCC)C12CCCCC2. The van der Waals surface area contributed by atoms with Crippen LogP contribution in [0.1, 0.15) is 65.2 Å². The van der Waals surface area contributed by atoms with Gasteiger partial charge >= 0.3 is 6.09 Å². The van der Waals surface area contributed by atoms with Crippen molar-refractivity contribution in [1.29, 1.82) is 0 Å². The summed E-state index contributed by atoms with van der Waals surface area (Å²) in [5.41, 5.74) is 0.148. The molecule has 0 aromatic heterocycles. The number of carbonyl (C=O) groups is 2. The van der Waals surface area contributed by atoms with E-state index >= 15 is 0 Å². The molecule has 0 aromatic carbocycles. The standard InChI is InChI=1S/C19H34N2O4/c1-4-13-21(17(22)9-12-20-18(23)24-3)15-14-16(25-5-2)19(15)10-7-6-8-11-19/h15-16H,4-14H2,1-3H3,(H,20,23). The minimum Gasteiger partial charge on any atom is -0.453 e. The normalized spacial score (nSPS) is 24.4. The lowest BCUT2D eigenvalue weighted by Gasteiger charge is -2.60. The number of nitrogens with one attached hydrogen (secondary N) is 1. The van der Waals surface area contributed by atoms with Gasteiger partial charge in [0.1, 0.15) is 0 Å². The molecular formula is C19H34N2O4. The third-order valence-corrected chi connectivity index (χ3v) is 5.85. The summed E-state index contributed by atoms with van der Waals surface area (Å²) in [7, 11) is 1.33. The Morgan fingerprint density at radius 1 is 1.20 bits per heavy atom. The largest absolute Gasteiger partial charge is 0.453 e. The Balaban J connectivity index is 2.02. The van der Waals surface area contributed by atoms with Gasteiger partial charge in [-0.05, 0) is 32.6 Å². The summed E-state index contributed by atoms with van der Waals surface area (Å²) in [6.07, 6.45) is 8.11. The van der Waals surface area contributed by atoms with E-state index in [1.54, 1.807) is 0 Å². The highest BCUT2D eigenvalue weighted by Crippen LogP contribution is 2.55. The van der Waals surface area contributed by atoms with Gasteiger partial charge in [0.05, 0.1) is 13.2 Å². The second-order valence-electron chi connectivity index (χ2n) is 7.24. The summed E-state index contributed by atoms with van der Waals surface area (Å²) >= 11 is 0. The number of rotatable bonds is 8. The maximum absolute atomic E-state index is 12.8. The van der Waals surface area contributed by atoms with Crippen LogP contribution in [0.25, 0.3) is 0 Å². The average molecular weight is 354 g/mol. The Bertz CT molecular complexity index is 449. The fourth-order valence-electron chi connectivity index (χ4n) is 4.65. The number of hydrogen-bond donors (Lipinski definition) is 1. The van der Waals surface area contributed by atoms with E-state index in [9.17, 15) is 9.59 Å². The first-order valence-electron chi connectivity index (χ1n) is 9.82. The molecule has 1 spiro atoms. The van der Waals surface area contributed by atoms with Crippen LogP contribution in [0.5, 0.6) is 0 Å². The topological polar surface area (TPSA) is 67.9 Å². The highest BCUT2D eigenvalue weighted by molar-refractivity contribution is 5.78. The fraction of sp³-hybridized carbons (Fsp3) is 0.895. The van der Waals surface area contributed by atoms with Crippen LogP contribution in [-0.4, -0.2) is 55.9 Å². The summed E-state index contributed by atoms with van der Waals surface area (Å²) in [4.78, 5) is 26.1. The first kappa shape index (κ1) is 20.0. The summed E-state index contributed by atoms with van der Waals surface area (Å²) in [5, 5.41) is 2.60. The van der Waals surface area contributed by atoms with Crippen LogP contribution < -0.4 is 5.32 Å². The number of hydrogen-bond acceptors (Lipinski definition) is 4. The first-order chi connectivity index (χ1) is 12.1. The van der Waals surface area contributed by atoms with E-state index in [0.717, 1.165) is 38.8 Å². The Kier molecular flexibility index (Phi) is 7.54. The zero-order chi connectivity index (χ0) is 18.3. The van der Waals surface area contributed by atoms with Crippen LogP contribution in [0.4, 0.5) is 4.79 Å². The monoisotopic (exact) mass is 354 g/mol. The molecule has 2 rings (SSSR count). The number of amides is 2. The molecule has 0 bridgehead atoms. The van der Waals surface area contributed by atoms with Gasteiger partial charge in [-0.2, -0.15) is 0 Å². The van der Waals surface area contributed by atoms with Crippen LogP contribution in [-0.2, 0) is 14.3 Å². The van der Waals surface area contributed by atoms with Crippen molar-refractivity contribution >= 4 is 12.0 Å². The predicted octanol–water partition coefficient (Wildman–Crippen LogP) is 3.10. The van der Waals surface area contributed by atoms with E-state index in [4.69, 9.17) is 4.74 Å². The van der Waals surface area contributed by atoms with E-state index in [0.29, 0.717) is 19.1 Å². The zero-order valence-electron chi connectivity index (χ0n) is 16.0. The van der Waals surface area contributed by atoms with Crippen molar-refractivity contribution < 1.29 is 19.1 Å². The number of ether oxygens (including phenoxy) is 2. The number of methoxy groups -OCH3 is 1. The highest BCUT2D eigenvalue weighted by atomic mass is 16.5. The van der Waals surface area contributed by atoms with Gasteiger partial charge in [-0.1, -0.05) is 26.2 Å². The second-order valence-corrected chi connectivity index (χ2v) is 7.24. The molecule has 6 nitrogen and oxygen atoms in total. The molecule has 2 atom stereocenters. The third kappa shape index (κ3) is 4.46. The molecule has 0 heterocycles. The van der Waals surface area contributed by atoms with E-state index < -0.39 is 6.09 Å². The smallest absolute Gasteiger partial charge is 0.406 e. The molecular weight excluding hydrogens is 320 g/mol. The molecule has 2 amide bonds. The van der Waals surface area contributed by atoms with E-state index in [-0.39, 0.29) is 17.4 Å². The van der Waals surface area contributed by atoms with Gasteiger partial charge in [0, 0.05) is 37.6 Å². The molecule has 2 aliphatic carbocycles. The van der Waals surface area contributed by atoms with E-state index in [1.807, 2.05) is 0 Å². The maximum atomic E-state index is 12.8. The van der Waals surface area contributed by atoms with Gasteiger partial charge in [-0.15, -0.1) is 0 Å². The molecule has 144 valence electrons. The quantitative estimate of drug-likeness (QED) is 0.727. The molecule has 0 saturated heterocycles. The van der Waals surface area contributed by atoms with Crippen molar-refractivity contribution in [1.82, 2.24) is 10.2 Å². The lowest BCUT2D eigenvalue weighted by atomic mass is 9.54. The van der Waals surface area contributed by atoms with Crippen LogP contribution in [0.2, 0.25) is 0 Å². The molecule has 6 heteroatoms. The lowest BCUT2D eigenvalue weighted by Crippen LogP contribution is -2.66. The van der Waals surface area contributed by atoms with Crippen molar-refractivity contribution in [3.63, 3.8) is 0 Å². The summed E-state index contributed by atoms with van der Waals surface area (Å²) < 4.78 is 10.6. The van der Waals surface area contributed by atoms with Crippen LogP contribution in [0.3, 0.4) is 0 Å². The highest BCUT2D eigenvalue weighted by Gasteiger charge is 2.58. The number of carbonyl (C=O) groups excluding carboxylic acids is 2. The van der Waals surface area contributed by atoms with Crippen LogP contribution in [0, 0.1) is 5.41 Å². The van der Waals surface area contributed by atoms with Gasteiger partial charge in [0.15, 0.2) is 0 Å². The van der Waals surface area contributed by atoms with Crippen LogP contribution in [0.15, 0.2) is 0 Å². The summed E-state index contributed by atoms with van der Waals surface area (Å²) in [5.74, 6) is 0.128. The van der Waals surface area contributed by atoms with Gasteiger partial charge in [0.2, 0.25) is 5.91 Å². The lowest BCUT2D eigenvalue weighted by molar-refractivity contribution is -0.188. The molecule has 2 aliphatic rings. The summed E-state index contributed by atoms with van der Waals surface area (Å²) in [6, 6.07) is 0.287. The van der Waals surface area contributed by atoms with Gasteiger partial charge in [-0.25, -0.2) is 4.79 Å². The number of alkyl carbamates (subject to hydrolysis) is 1. The summed E-state index contributed by atoms with van der Waals surface area (Å²) in [6.45, 7) is 6.00. The van der Waals surface area contributed by atoms with E-state index in [2.05, 4.69) is 28.8 Å². The third-order valence-electron chi connectivity index (χ3n) is 5.85. The Labute approximate surface area is 151 Å². The van der Waals surface area contributed by atoms with Gasteiger partial charge in [0.25, 0.3) is 0 Å². The molecule has 2 saturated carbocycles. The molecule has 1 N–H and O–H groups in total. The van der Waals surface area contributed by atoms with Crippen molar-refractivity contribution in [2.24, 2.45) is 5.41 Å². The predicted molar refractivity (Wildman–Crippen MR) is 96.4 cm³/mol. The minimum atomic E-state index is -0.487. The first-order valence-corrected chi connectivity index (χ1v) is 9.82. The minimum absolute atomic E-state index is 0.128. The van der Waals surface area contributed by atoms with Crippen molar-refractivity contribution in [3.8, 4) is 0 Å². The Morgan fingerprint density at radius 3 is 2.52 bits per heavy atom. The molecule has 25 heavy (non-hydrogen) atoms. The van der Waals surface area contributed by atoms with Crippen molar-refractivity contribution in [2.75, 3.05) is 26.8 Å². The molecule has 0 aromatic rings. The van der Waals surface area contributed by atoms with Gasteiger partial charge < -0.3 is 19.7 Å². The second kappa shape index (κ2) is 9.41. The molecule has 2 fully saturated rings. The average Bonchev–Trinajstić information content (AvgIpc) is 2.63. The fourth-order valence-corrected chi connectivity index (χ4v) is 4.65. The van der Waals surface area contributed by atoms with Crippen molar-refractivity contribution in [3.05, 3.63) is 0 Å². The van der Waals surface area contributed by atoms with Crippen molar-refractivity contribution in [2.45, 2.75) is 77.4 Å². The maximum Gasteiger partial charge on any atom is 0.406 e. The Hall–Kier alpha value is -1.30. The molecule has 2 unspecified atom stereocenters. The van der Waals surface area contributed by atoms with Gasteiger partial charge in [-0.3, -0.25) is 4.79 Å². The number of nitrogens with zero attached hydrogens (tertiary/aromatic N) is 1. The van der Waals surface area contributed by atoms with E-state index in [1.165, 1.54) is 26.4 Å². The Morgan fingerprint density at radius 2 is 1.92 bits per heavy atom.